The largest absolute Gasteiger partial charge is 0.298 e. The molecule has 7 nitrogen and oxygen atoms in total. The molecule has 2 aromatic carbocycles. The van der Waals surface area contributed by atoms with Gasteiger partial charge in [0.1, 0.15) is 0 Å². The van der Waals surface area contributed by atoms with Crippen LogP contribution in [0.4, 0.5) is 0 Å². The second-order valence-corrected chi connectivity index (χ2v) is 6.22. The Morgan fingerprint density at radius 1 is 1.08 bits per heavy atom. The van der Waals surface area contributed by atoms with Crippen LogP contribution in [0.15, 0.2) is 65.8 Å². The summed E-state index contributed by atoms with van der Waals surface area (Å²) in [7, 11) is 0. The first kappa shape index (κ1) is 14.7. The molecule has 1 unspecified atom stereocenters. The van der Waals surface area contributed by atoms with E-state index in [0.717, 1.165) is 27.8 Å². The molecule has 6 rings (SSSR count). The van der Waals surface area contributed by atoms with Crippen molar-refractivity contribution in [1.29, 1.82) is 0 Å². The molecule has 126 valence electrons. The van der Waals surface area contributed by atoms with E-state index in [2.05, 4.69) is 49.9 Å². The van der Waals surface area contributed by atoms with Crippen molar-refractivity contribution in [2.45, 2.75) is 12.5 Å². The van der Waals surface area contributed by atoms with Gasteiger partial charge in [0.15, 0.2) is 0 Å². The van der Waals surface area contributed by atoms with Crippen molar-refractivity contribution in [3.8, 4) is 22.5 Å². The molecule has 0 fully saturated rings. The number of hydrogen-bond acceptors (Lipinski definition) is 5. The predicted octanol–water partition coefficient (Wildman–Crippen LogP) is 2.24. The number of fused-ring (bicyclic) bond motifs is 2. The van der Waals surface area contributed by atoms with Gasteiger partial charge in [-0.2, -0.15) is 5.21 Å². The van der Waals surface area contributed by atoms with E-state index >= 15 is 0 Å². The summed E-state index contributed by atoms with van der Waals surface area (Å²) in [5.41, 5.74) is 5.46. The fraction of sp³-hybridized carbons (Fsp3) is 0.105. The van der Waals surface area contributed by atoms with Gasteiger partial charge < -0.3 is 0 Å². The maximum absolute atomic E-state index is 12.1. The molecule has 0 saturated heterocycles. The number of tetrazole rings is 1. The first-order valence-corrected chi connectivity index (χ1v) is 8.29. The first-order chi connectivity index (χ1) is 12.8. The van der Waals surface area contributed by atoms with Crippen molar-refractivity contribution in [3.63, 3.8) is 0 Å². The minimum atomic E-state index is -0.0578. The monoisotopic (exact) mass is 342 g/mol. The Labute approximate surface area is 148 Å². The molecule has 0 radical (unpaired) electrons. The van der Waals surface area contributed by atoms with Crippen molar-refractivity contribution in [2.24, 2.45) is 0 Å². The summed E-state index contributed by atoms with van der Waals surface area (Å²) >= 11 is 0. The van der Waals surface area contributed by atoms with Crippen LogP contribution in [0.5, 0.6) is 0 Å². The zero-order chi connectivity index (χ0) is 17.5. The van der Waals surface area contributed by atoms with E-state index in [0.29, 0.717) is 12.4 Å². The number of rotatable bonds is 4. The molecule has 7 heteroatoms. The highest BCUT2D eigenvalue weighted by Crippen LogP contribution is 2.51. The average molecular weight is 342 g/mol. The van der Waals surface area contributed by atoms with Gasteiger partial charge in [-0.3, -0.25) is 9.36 Å². The minimum Gasteiger partial charge on any atom is -0.298 e. The van der Waals surface area contributed by atoms with Crippen molar-refractivity contribution in [3.05, 3.63) is 82.5 Å². The van der Waals surface area contributed by atoms with Gasteiger partial charge in [0.2, 0.25) is 5.82 Å². The van der Waals surface area contributed by atoms with E-state index in [1.807, 2.05) is 18.2 Å². The van der Waals surface area contributed by atoms with Crippen LogP contribution in [0.3, 0.4) is 0 Å². The zero-order valence-electron chi connectivity index (χ0n) is 13.7. The third kappa shape index (κ3) is 2.17. The predicted molar refractivity (Wildman–Crippen MR) is 95.4 cm³/mol. The van der Waals surface area contributed by atoms with E-state index in [4.69, 9.17) is 0 Å². The lowest BCUT2D eigenvalue weighted by molar-refractivity contribution is 0.578. The highest BCUT2D eigenvalue weighted by atomic mass is 16.1. The third-order valence-electron chi connectivity index (χ3n) is 4.83. The number of nitrogens with one attached hydrogen (secondary N) is 1. The Morgan fingerprint density at radius 3 is 2.73 bits per heavy atom. The molecule has 2 aliphatic carbocycles. The van der Waals surface area contributed by atoms with Gasteiger partial charge in [0, 0.05) is 30.3 Å². The van der Waals surface area contributed by atoms with Crippen LogP contribution in [-0.4, -0.2) is 30.2 Å². The Balaban J connectivity index is 1.65. The standard InChI is InChI=1S/C19H14N6O/c26-16-8-9-20-11-25(16)10-15-14-7-6-13(12-4-2-1-3-5-12)17(15)18(14)19-21-23-24-22-19/h1-9,11,15H,10H2,(H,21,22,23,24). The van der Waals surface area contributed by atoms with Gasteiger partial charge in [0.25, 0.3) is 5.56 Å². The molecule has 0 aliphatic heterocycles. The van der Waals surface area contributed by atoms with Gasteiger partial charge in [-0.05, 0) is 27.5 Å². The van der Waals surface area contributed by atoms with Gasteiger partial charge in [-0.1, -0.05) is 42.5 Å². The third-order valence-corrected chi connectivity index (χ3v) is 4.83. The zero-order valence-corrected chi connectivity index (χ0v) is 13.7. The Bertz CT molecular complexity index is 1130. The van der Waals surface area contributed by atoms with E-state index < -0.39 is 0 Å². The lowest BCUT2D eigenvalue weighted by atomic mass is 9.70. The number of aromatic amines is 1. The minimum absolute atomic E-state index is 0.0578. The van der Waals surface area contributed by atoms with Gasteiger partial charge in [-0.25, -0.2) is 4.98 Å². The van der Waals surface area contributed by atoms with Crippen LogP contribution in [-0.2, 0) is 6.54 Å². The number of hydrogen-bond donors (Lipinski definition) is 1. The highest BCUT2D eigenvalue weighted by Gasteiger charge is 2.37. The normalized spacial score (nSPS) is 14.8. The summed E-state index contributed by atoms with van der Waals surface area (Å²) in [5, 5.41) is 14.5. The Morgan fingerprint density at radius 2 is 1.96 bits per heavy atom. The van der Waals surface area contributed by atoms with Crippen molar-refractivity contribution >= 4 is 0 Å². The smallest absolute Gasteiger partial charge is 0.253 e. The molecule has 4 aromatic rings. The SMILES string of the molecule is O=c1ccncn1CC1C2=C(c3nn[nH]n3)C1=C(c1ccccc1)C=C2. The quantitative estimate of drug-likeness (QED) is 0.614. The molecule has 0 amide bonds. The van der Waals surface area contributed by atoms with Gasteiger partial charge >= 0.3 is 0 Å². The summed E-state index contributed by atoms with van der Waals surface area (Å²) < 4.78 is 1.64. The molecular formula is C19H14N6O. The van der Waals surface area contributed by atoms with Crippen molar-refractivity contribution in [1.82, 2.24) is 30.2 Å². The Kier molecular flexibility index (Phi) is 3.24. The van der Waals surface area contributed by atoms with Crippen LogP contribution in [0.2, 0.25) is 0 Å². The molecule has 1 N–H and O–H groups in total. The maximum atomic E-state index is 12.1. The summed E-state index contributed by atoms with van der Waals surface area (Å²) in [6.07, 6.45) is 3.09. The highest BCUT2D eigenvalue weighted by molar-refractivity contribution is 5.86. The van der Waals surface area contributed by atoms with Crippen molar-refractivity contribution < 1.29 is 0 Å². The summed E-state index contributed by atoms with van der Waals surface area (Å²) in [6.45, 7) is 0.541. The van der Waals surface area contributed by atoms with Crippen LogP contribution in [0, 0.1) is 0 Å². The fourth-order valence-electron chi connectivity index (χ4n) is 3.66. The van der Waals surface area contributed by atoms with E-state index in [-0.39, 0.29) is 11.5 Å². The molecule has 26 heavy (non-hydrogen) atoms. The lowest BCUT2D eigenvalue weighted by Gasteiger charge is -2.35. The summed E-state index contributed by atoms with van der Waals surface area (Å²) in [6, 6.07) is 15.9. The van der Waals surface area contributed by atoms with Gasteiger partial charge in [0.05, 0.1) is 6.33 Å². The second kappa shape index (κ2) is 5.73. The van der Waals surface area contributed by atoms with Crippen LogP contribution < -0.4 is 5.56 Å². The molecule has 2 aromatic heterocycles. The molecule has 0 spiro atoms. The van der Waals surface area contributed by atoms with Crippen LogP contribution >= 0.6 is 0 Å². The van der Waals surface area contributed by atoms with Gasteiger partial charge in [-0.15, -0.1) is 10.2 Å². The number of H-pyrrole nitrogens is 1. The number of benzene rings is 2. The average Bonchev–Trinajstić information content (AvgIpc) is 3.21. The molecule has 2 aliphatic rings. The van der Waals surface area contributed by atoms with E-state index in [1.54, 1.807) is 10.9 Å². The Hall–Kier alpha value is -3.61. The summed E-state index contributed by atoms with van der Waals surface area (Å²) in [4.78, 5) is 16.2. The molecule has 1 atom stereocenters. The van der Waals surface area contributed by atoms with E-state index in [9.17, 15) is 4.79 Å². The van der Waals surface area contributed by atoms with Crippen molar-refractivity contribution in [2.75, 3.05) is 0 Å². The summed E-state index contributed by atoms with van der Waals surface area (Å²) in [5.74, 6) is 0.688. The second-order valence-electron chi connectivity index (χ2n) is 6.22. The van der Waals surface area contributed by atoms with Crippen LogP contribution in [0.1, 0.15) is 17.0 Å². The van der Waals surface area contributed by atoms with Crippen LogP contribution in [0.25, 0.3) is 22.5 Å². The number of nitrogens with zero attached hydrogens (tertiary/aromatic N) is 5. The molecule has 2 bridgehead atoms. The van der Waals surface area contributed by atoms with E-state index in [1.165, 1.54) is 12.3 Å². The number of aromatic nitrogens is 6. The first-order valence-electron chi connectivity index (χ1n) is 8.29. The molecule has 2 heterocycles. The lowest BCUT2D eigenvalue weighted by Crippen LogP contribution is -2.28. The molecule has 0 saturated carbocycles. The maximum Gasteiger partial charge on any atom is 0.253 e. The topological polar surface area (TPSA) is 89.4 Å². The fourth-order valence-corrected chi connectivity index (χ4v) is 3.66. The molecular weight excluding hydrogens is 328 g/mol.